The van der Waals surface area contributed by atoms with Gasteiger partial charge in [-0.15, -0.1) is 0 Å². The second-order valence-corrected chi connectivity index (χ2v) is 9.26. The summed E-state index contributed by atoms with van der Waals surface area (Å²) in [6, 6.07) is 10.3. The van der Waals surface area contributed by atoms with Crippen molar-refractivity contribution in [1.82, 2.24) is 14.3 Å². The van der Waals surface area contributed by atoms with Crippen LogP contribution in [0.2, 0.25) is 0 Å². The maximum absolute atomic E-state index is 14.2. The minimum atomic E-state index is -3.60. The van der Waals surface area contributed by atoms with Crippen molar-refractivity contribution in [2.75, 3.05) is 21.2 Å². The Bertz CT molecular complexity index is 1400. The predicted octanol–water partition coefficient (Wildman–Crippen LogP) is 4.43. The summed E-state index contributed by atoms with van der Waals surface area (Å²) in [5.74, 6) is -1.61. The number of ether oxygens (including phenoxy) is 1. The molecule has 0 aliphatic carbocycles. The first-order chi connectivity index (χ1) is 14.7. The Labute approximate surface area is 178 Å². The average molecular weight is 443 g/mol. The third-order valence-corrected chi connectivity index (χ3v) is 6.79. The Morgan fingerprint density at radius 3 is 2.52 bits per heavy atom. The number of aromatic amines is 1. The molecule has 4 aromatic rings. The third-order valence-electron chi connectivity index (χ3n) is 4.98. The molecule has 0 aliphatic heterocycles. The molecule has 4 rings (SSSR count). The molecule has 0 atom stereocenters. The van der Waals surface area contributed by atoms with Gasteiger partial charge in [0.05, 0.1) is 12.0 Å². The van der Waals surface area contributed by atoms with Crippen LogP contribution in [0.15, 0.2) is 59.8 Å². The van der Waals surface area contributed by atoms with Crippen LogP contribution in [-0.2, 0) is 10.0 Å². The predicted molar refractivity (Wildman–Crippen MR) is 114 cm³/mol. The van der Waals surface area contributed by atoms with E-state index >= 15 is 0 Å². The van der Waals surface area contributed by atoms with E-state index in [1.165, 1.54) is 33.3 Å². The summed E-state index contributed by atoms with van der Waals surface area (Å²) in [7, 11) is 0.644. The smallest absolute Gasteiger partial charge is 0.242 e. The number of nitrogens with one attached hydrogen (secondary N) is 1. The molecule has 0 unspecified atom stereocenters. The van der Waals surface area contributed by atoms with E-state index in [1.54, 1.807) is 36.7 Å². The molecule has 2 aromatic heterocycles. The Morgan fingerprint density at radius 1 is 1.03 bits per heavy atom. The first-order valence-electron chi connectivity index (χ1n) is 9.26. The van der Waals surface area contributed by atoms with Crippen LogP contribution in [0.3, 0.4) is 0 Å². The van der Waals surface area contributed by atoms with Gasteiger partial charge >= 0.3 is 0 Å². The van der Waals surface area contributed by atoms with Gasteiger partial charge in [-0.05, 0) is 29.8 Å². The standard InChI is InChI=1S/C22H19F2N3O3S/c1-27(2)31(28,29)16-6-4-5-13(7-16)14-8-18-19(12-26-22(18)25-11-14)17-9-15(23)10-20(24)21(17)30-3/h4-12H,1-3H3,(H,25,26). The van der Waals surface area contributed by atoms with Crippen LogP contribution in [0.25, 0.3) is 33.3 Å². The van der Waals surface area contributed by atoms with Crippen molar-refractivity contribution in [1.29, 1.82) is 0 Å². The minimum Gasteiger partial charge on any atom is -0.493 e. The zero-order chi connectivity index (χ0) is 22.3. The molecule has 0 saturated carbocycles. The van der Waals surface area contributed by atoms with Gasteiger partial charge in [-0.1, -0.05) is 12.1 Å². The van der Waals surface area contributed by atoms with Gasteiger partial charge in [0.1, 0.15) is 11.5 Å². The summed E-state index contributed by atoms with van der Waals surface area (Å²) in [5, 5.41) is 0.613. The van der Waals surface area contributed by atoms with Crippen LogP contribution < -0.4 is 4.74 Å². The number of sulfonamides is 1. The van der Waals surface area contributed by atoms with Gasteiger partial charge in [-0.25, -0.2) is 26.5 Å². The maximum Gasteiger partial charge on any atom is 0.242 e. The number of pyridine rings is 1. The number of benzene rings is 2. The van der Waals surface area contributed by atoms with Crippen LogP contribution >= 0.6 is 0 Å². The number of fused-ring (bicyclic) bond motifs is 1. The molecular weight excluding hydrogens is 424 g/mol. The fraction of sp³-hybridized carbons (Fsp3) is 0.136. The normalized spacial score (nSPS) is 11.9. The molecule has 2 heterocycles. The van der Waals surface area contributed by atoms with Crippen LogP contribution in [0.5, 0.6) is 5.75 Å². The highest BCUT2D eigenvalue weighted by molar-refractivity contribution is 7.89. The topological polar surface area (TPSA) is 75.3 Å². The van der Waals surface area contributed by atoms with Crippen molar-refractivity contribution in [3.63, 3.8) is 0 Å². The third kappa shape index (κ3) is 3.66. The van der Waals surface area contributed by atoms with Crippen LogP contribution in [0, 0.1) is 11.6 Å². The van der Waals surface area contributed by atoms with Crippen molar-refractivity contribution >= 4 is 21.1 Å². The molecule has 2 aromatic carbocycles. The molecular formula is C22H19F2N3O3S. The van der Waals surface area contributed by atoms with Crippen molar-refractivity contribution in [3.05, 3.63) is 66.5 Å². The summed E-state index contributed by atoms with van der Waals surface area (Å²) in [5.41, 5.74) is 2.57. The number of hydrogen-bond acceptors (Lipinski definition) is 4. The second-order valence-electron chi connectivity index (χ2n) is 7.11. The fourth-order valence-corrected chi connectivity index (χ4v) is 4.35. The summed E-state index contributed by atoms with van der Waals surface area (Å²) in [4.78, 5) is 7.53. The molecule has 9 heteroatoms. The lowest BCUT2D eigenvalue weighted by atomic mass is 10.0. The highest BCUT2D eigenvalue weighted by Gasteiger charge is 2.19. The lowest BCUT2D eigenvalue weighted by Gasteiger charge is -2.12. The number of hydrogen-bond donors (Lipinski definition) is 1. The molecule has 31 heavy (non-hydrogen) atoms. The van der Waals surface area contributed by atoms with E-state index in [4.69, 9.17) is 4.74 Å². The van der Waals surface area contributed by atoms with Gasteiger partial charge in [0.25, 0.3) is 0 Å². The second kappa shape index (κ2) is 7.75. The quantitative estimate of drug-likeness (QED) is 0.495. The van der Waals surface area contributed by atoms with E-state index in [0.29, 0.717) is 27.7 Å². The fourth-order valence-electron chi connectivity index (χ4n) is 3.40. The number of H-pyrrole nitrogens is 1. The van der Waals surface area contributed by atoms with Crippen molar-refractivity contribution < 1.29 is 21.9 Å². The molecule has 0 amide bonds. The highest BCUT2D eigenvalue weighted by Crippen LogP contribution is 2.38. The van der Waals surface area contributed by atoms with E-state index in [2.05, 4.69) is 9.97 Å². The summed E-state index contributed by atoms with van der Waals surface area (Å²) in [6.07, 6.45) is 3.21. The Hall–Kier alpha value is -3.30. The maximum atomic E-state index is 14.2. The molecule has 0 spiro atoms. The first kappa shape index (κ1) is 21.0. The van der Waals surface area contributed by atoms with Gasteiger partial charge in [0.2, 0.25) is 10.0 Å². The van der Waals surface area contributed by atoms with Crippen molar-refractivity contribution in [2.24, 2.45) is 0 Å². The Morgan fingerprint density at radius 2 is 1.81 bits per heavy atom. The van der Waals surface area contributed by atoms with Crippen molar-refractivity contribution in [2.45, 2.75) is 4.90 Å². The van der Waals surface area contributed by atoms with E-state index in [-0.39, 0.29) is 16.2 Å². The van der Waals surface area contributed by atoms with E-state index in [9.17, 15) is 17.2 Å². The molecule has 160 valence electrons. The number of methoxy groups -OCH3 is 1. The highest BCUT2D eigenvalue weighted by atomic mass is 32.2. The summed E-state index contributed by atoms with van der Waals surface area (Å²) in [6.45, 7) is 0. The van der Waals surface area contributed by atoms with Gasteiger partial charge in [0, 0.05) is 54.6 Å². The van der Waals surface area contributed by atoms with Crippen molar-refractivity contribution in [3.8, 4) is 28.0 Å². The SMILES string of the molecule is COc1c(F)cc(F)cc1-c1c[nH]c2ncc(-c3cccc(S(=O)(=O)N(C)C)c3)cc12. The number of aromatic nitrogens is 2. The molecule has 0 bridgehead atoms. The van der Waals surface area contributed by atoms with Gasteiger partial charge in [-0.2, -0.15) is 0 Å². The minimum absolute atomic E-state index is 0.0771. The van der Waals surface area contributed by atoms with E-state index < -0.39 is 21.7 Å². The van der Waals surface area contributed by atoms with Crippen LogP contribution in [0.4, 0.5) is 8.78 Å². The molecule has 0 radical (unpaired) electrons. The van der Waals surface area contributed by atoms with E-state index in [0.717, 1.165) is 10.4 Å². The average Bonchev–Trinajstić information content (AvgIpc) is 3.16. The molecule has 1 N–H and O–H groups in total. The van der Waals surface area contributed by atoms with Gasteiger partial charge in [0.15, 0.2) is 11.6 Å². The van der Waals surface area contributed by atoms with Gasteiger partial charge < -0.3 is 9.72 Å². The molecule has 6 nitrogen and oxygen atoms in total. The molecule has 0 saturated heterocycles. The Balaban J connectivity index is 1.89. The number of rotatable bonds is 5. The first-order valence-corrected chi connectivity index (χ1v) is 10.7. The van der Waals surface area contributed by atoms with Crippen LogP contribution in [0.1, 0.15) is 0 Å². The van der Waals surface area contributed by atoms with E-state index in [1.807, 2.05) is 0 Å². The lowest BCUT2D eigenvalue weighted by Crippen LogP contribution is -2.22. The largest absolute Gasteiger partial charge is 0.493 e. The number of nitrogens with zero attached hydrogens (tertiary/aromatic N) is 2. The summed E-state index contributed by atoms with van der Waals surface area (Å²) >= 11 is 0. The van der Waals surface area contributed by atoms with Gasteiger partial charge in [-0.3, -0.25) is 0 Å². The van der Waals surface area contributed by atoms with Crippen LogP contribution in [-0.4, -0.2) is 43.9 Å². The molecule has 0 fully saturated rings. The zero-order valence-electron chi connectivity index (χ0n) is 17.0. The lowest BCUT2D eigenvalue weighted by molar-refractivity contribution is 0.386. The number of halogens is 2. The zero-order valence-corrected chi connectivity index (χ0v) is 17.8. The Kier molecular flexibility index (Phi) is 5.24. The molecule has 0 aliphatic rings. The summed E-state index contributed by atoms with van der Waals surface area (Å²) < 4.78 is 59.4. The monoisotopic (exact) mass is 443 g/mol.